The van der Waals surface area contributed by atoms with Gasteiger partial charge in [0.15, 0.2) is 0 Å². The molecule has 2 aromatic rings. The van der Waals surface area contributed by atoms with Gasteiger partial charge >= 0.3 is 0 Å². The van der Waals surface area contributed by atoms with E-state index in [9.17, 15) is 9.59 Å². The smallest absolute Gasteiger partial charge is 0.254 e. The zero-order valence-electron chi connectivity index (χ0n) is 15.5. The monoisotopic (exact) mass is 429 g/mol. The number of nitrogens with one attached hydrogen (secondary N) is 1. The standard InChI is InChI=1S/C21H24BrN3O2/c1-16-3-2-4-18(13-16)21(27)25(14-17-5-7-19(22)8-6-17)15-20(26)24-11-9-23-10-12-24/h2-8,13,23H,9-12,14-15H2,1H3. The summed E-state index contributed by atoms with van der Waals surface area (Å²) in [4.78, 5) is 29.3. The highest BCUT2D eigenvalue weighted by atomic mass is 79.9. The first kappa shape index (κ1) is 19.6. The lowest BCUT2D eigenvalue weighted by Gasteiger charge is -2.30. The van der Waals surface area contributed by atoms with Gasteiger partial charge in [-0.25, -0.2) is 0 Å². The first-order chi connectivity index (χ1) is 13.0. The number of hydrogen-bond acceptors (Lipinski definition) is 3. The maximum atomic E-state index is 13.1. The Labute approximate surface area is 168 Å². The zero-order valence-corrected chi connectivity index (χ0v) is 17.0. The normalized spacial score (nSPS) is 14.1. The summed E-state index contributed by atoms with van der Waals surface area (Å²) in [7, 11) is 0. The van der Waals surface area contributed by atoms with E-state index in [1.165, 1.54) is 0 Å². The first-order valence-electron chi connectivity index (χ1n) is 9.12. The van der Waals surface area contributed by atoms with Crippen LogP contribution in [0.5, 0.6) is 0 Å². The Hall–Kier alpha value is -2.18. The van der Waals surface area contributed by atoms with Gasteiger partial charge in [0.05, 0.1) is 0 Å². The Bertz CT molecular complexity index is 801. The van der Waals surface area contributed by atoms with Crippen molar-refractivity contribution in [1.82, 2.24) is 15.1 Å². The topological polar surface area (TPSA) is 52.7 Å². The van der Waals surface area contributed by atoms with E-state index >= 15 is 0 Å². The summed E-state index contributed by atoms with van der Waals surface area (Å²) >= 11 is 3.43. The van der Waals surface area contributed by atoms with Crippen LogP contribution in [-0.2, 0) is 11.3 Å². The van der Waals surface area contributed by atoms with E-state index in [1.54, 1.807) is 11.0 Å². The Morgan fingerprint density at radius 2 is 1.81 bits per heavy atom. The molecule has 2 aromatic carbocycles. The summed E-state index contributed by atoms with van der Waals surface area (Å²) < 4.78 is 0.986. The highest BCUT2D eigenvalue weighted by Gasteiger charge is 2.23. The summed E-state index contributed by atoms with van der Waals surface area (Å²) in [6.07, 6.45) is 0. The van der Waals surface area contributed by atoms with Crippen LogP contribution in [0.1, 0.15) is 21.5 Å². The maximum absolute atomic E-state index is 13.1. The van der Waals surface area contributed by atoms with E-state index in [2.05, 4.69) is 21.2 Å². The summed E-state index contributed by atoms with van der Waals surface area (Å²) in [5.41, 5.74) is 2.63. The zero-order chi connectivity index (χ0) is 19.2. The van der Waals surface area contributed by atoms with Crippen LogP contribution in [0.4, 0.5) is 0 Å². The highest BCUT2D eigenvalue weighted by molar-refractivity contribution is 9.10. The van der Waals surface area contributed by atoms with Gasteiger partial charge < -0.3 is 15.1 Å². The van der Waals surface area contributed by atoms with Crippen LogP contribution >= 0.6 is 15.9 Å². The minimum atomic E-state index is -0.120. The number of halogens is 1. The Morgan fingerprint density at radius 3 is 2.48 bits per heavy atom. The van der Waals surface area contributed by atoms with Gasteiger partial charge in [-0.3, -0.25) is 9.59 Å². The van der Waals surface area contributed by atoms with Crippen molar-refractivity contribution >= 4 is 27.7 Å². The molecule has 0 aliphatic carbocycles. The molecule has 0 radical (unpaired) electrons. The van der Waals surface area contributed by atoms with Crippen LogP contribution in [-0.4, -0.2) is 54.3 Å². The molecule has 1 N–H and O–H groups in total. The molecule has 0 saturated carbocycles. The second kappa shape index (κ2) is 9.15. The SMILES string of the molecule is Cc1cccc(C(=O)N(CC(=O)N2CCNCC2)Cc2ccc(Br)cc2)c1. The molecule has 27 heavy (non-hydrogen) atoms. The fourth-order valence-corrected chi connectivity index (χ4v) is 3.41. The molecule has 1 aliphatic heterocycles. The molecule has 142 valence electrons. The van der Waals surface area contributed by atoms with Gasteiger partial charge in [-0.2, -0.15) is 0 Å². The van der Waals surface area contributed by atoms with E-state index in [-0.39, 0.29) is 18.4 Å². The Kier molecular flexibility index (Phi) is 6.63. The molecule has 3 rings (SSSR count). The fraction of sp³-hybridized carbons (Fsp3) is 0.333. The maximum Gasteiger partial charge on any atom is 0.254 e. The van der Waals surface area contributed by atoms with Gasteiger partial charge in [-0.1, -0.05) is 45.8 Å². The average molecular weight is 430 g/mol. The van der Waals surface area contributed by atoms with Crippen molar-refractivity contribution in [3.63, 3.8) is 0 Å². The second-order valence-electron chi connectivity index (χ2n) is 6.79. The van der Waals surface area contributed by atoms with Gasteiger partial charge in [0, 0.05) is 42.8 Å². The van der Waals surface area contributed by atoms with Crippen molar-refractivity contribution in [1.29, 1.82) is 0 Å². The van der Waals surface area contributed by atoms with Gasteiger partial charge in [0.25, 0.3) is 5.91 Å². The van der Waals surface area contributed by atoms with Gasteiger partial charge in [0.2, 0.25) is 5.91 Å². The third kappa shape index (κ3) is 5.40. The largest absolute Gasteiger partial charge is 0.339 e. The lowest BCUT2D eigenvalue weighted by atomic mass is 10.1. The molecule has 0 bridgehead atoms. The fourth-order valence-electron chi connectivity index (χ4n) is 3.15. The van der Waals surface area contributed by atoms with Crippen LogP contribution in [0.3, 0.4) is 0 Å². The number of piperazine rings is 1. The molecule has 1 saturated heterocycles. The first-order valence-corrected chi connectivity index (χ1v) is 9.91. The van der Waals surface area contributed by atoms with Crippen molar-refractivity contribution < 1.29 is 9.59 Å². The lowest BCUT2D eigenvalue weighted by molar-refractivity contribution is -0.132. The van der Waals surface area contributed by atoms with E-state index < -0.39 is 0 Å². The minimum absolute atomic E-state index is 0.00499. The van der Waals surface area contributed by atoms with E-state index in [4.69, 9.17) is 0 Å². The molecule has 0 atom stereocenters. The molecule has 0 aromatic heterocycles. The van der Waals surface area contributed by atoms with Gasteiger partial charge in [-0.05, 0) is 36.8 Å². The number of amides is 2. The summed E-state index contributed by atoms with van der Waals surface area (Å²) in [6.45, 7) is 5.41. The molecular weight excluding hydrogens is 406 g/mol. The molecule has 1 aliphatic rings. The number of hydrogen-bond donors (Lipinski definition) is 1. The third-order valence-electron chi connectivity index (χ3n) is 4.63. The third-order valence-corrected chi connectivity index (χ3v) is 5.16. The van der Waals surface area contributed by atoms with Gasteiger partial charge in [0.1, 0.15) is 6.54 Å². The van der Waals surface area contributed by atoms with Crippen LogP contribution in [0.15, 0.2) is 53.0 Å². The van der Waals surface area contributed by atoms with Crippen LogP contribution in [0.25, 0.3) is 0 Å². The minimum Gasteiger partial charge on any atom is -0.339 e. The molecule has 0 unspecified atom stereocenters. The molecule has 1 heterocycles. The predicted molar refractivity (Wildman–Crippen MR) is 110 cm³/mol. The quantitative estimate of drug-likeness (QED) is 0.794. The molecule has 1 fully saturated rings. The van der Waals surface area contributed by atoms with Crippen molar-refractivity contribution in [2.75, 3.05) is 32.7 Å². The number of benzene rings is 2. The number of aryl methyl sites for hydroxylation is 1. The van der Waals surface area contributed by atoms with Crippen LogP contribution in [0, 0.1) is 6.92 Å². The molecule has 5 nitrogen and oxygen atoms in total. The number of carbonyl (C=O) groups is 2. The van der Waals surface area contributed by atoms with E-state index in [1.807, 2.05) is 54.3 Å². The second-order valence-corrected chi connectivity index (χ2v) is 7.70. The Balaban J connectivity index is 1.79. The summed E-state index contributed by atoms with van der Waals surface area (Å²) in [5, 5.41) is 3.24. The number of nitrogens with zero attached hydrogens (tertiary/aromatic N) is 2. The Morgan fingerprint density at radius 1 is 1.11 bits per heavy atom. The summed E-state index contributed by atoms with van der Waals surface area (Å²) in [6, 6.07) is 15.3. The van der Waals surface area contributed by atoms with Crippen molar-refractivity contribution in [2.24, 2.45) is 0 Å². The summed E-state index contributed by atoms with van der Waals surface area (Å²) in [5.74, 6) is -0.125. The molecule has 2 amide bonds. The average Bonchev–Trinajstić information content (AvgIpc) is 2.69. The number of rotatable bonds is 5. The highest BCUT2D eigenvalue weighted by Crippen LogP contribution is 2.15. The lowest BCUT2D eigenvalue weighted by Crippen LogP contribution is -2.50. The molecule has 0 spiro atoms. The van der Waals surface area contributed by atoms with E-state index in [0.717, 1.165) is 28.7 Å². The number of carbonyl (C=O) groups excluding carboxylic acids is 2. The van der Waals surface area contributed by atoms with Crippen molar-refractivity contribution in [2.45, 2.75) is 13.5 Å². The molecular formula is C21H24BrN3O2. The van der Waals surface area contributed by atoms with Gasteiger partial charge in [-0.15, -0.1) is 0 Å². The van der Waals surface area contributed by atoms with Crippen molar-refractivity contribution in [3.05, 3.63) is 69.7 Å². The van der Waals surface area contributed by atoms with Crippen LogP contribution < -0.4 is 5.32 Å². The predicted octanol–water partition coefficient (Wildman–Crippen LogP) is 2.83. The van der Waals surface area contributed by atoms with Crippen LogP contribution in [0.2, 0.25) is 0 Å². The van der Waals surface area contributed by atoms with E-state index in [0.29, 0.717) is 25.2 Å². The van der Waals surface area contributed by atoms with Crippen molar-refractivity contribution in [3.8, 4) is 0 Å². The molecule has 6 heteroatoms.